The Balaban J connectivity index is 1.87. The van der Waals surface area contributed by atoms with Crippen LogP contribution in [0.4, 0.5) is 19.0 Å². The number of piperazine rings is 1. The first-order chi connectivity index (χ1) is 11.8. The van der Waals surface area contributed by atoms with Gasteiger partial charge in [0.25, 0.3) is 0 Å². The molecule has 0 radical (unpaired) electrons. The fourth-order valence-corrected chi connectivity index (χ4v) is 2.85. The summed E-state index contributed by atoms with van der Waals surface area (Å²) in [6.07, 6.45) is 0.743. The van der Waals surface area contributed by atoms with Gasteiger partial charge in [0.05, 0.1) is 23.3 Å². The molecule has 1 unspecified atom stereocenters. The summed E-state index contributed by atoms with van der Waals surface area (Å²) in [5.41, 5.74) is -0.866. The summed E-state index contributed by atoms with van der Waals surface area (Å²) >= 11 is 5.97. The van der Waals surface area contributed by atoms with Crippen LogP contribution in [0.1, 0.15) is 5.56 Å². The van der Waals surface area contributed by atoms with Crippen molar-refractivity contribution in [3.8, 4) is 12.3 Å². The second-order valence-corrected chi connectivity index (χ2v) is 6.10. The van der Waals surface area contributed by atoms with Gasteiger partial charge in [-0.3, -0.25) is 4.90 Å². The third kappa shape index (κ3) is 5.75. The summed E-state index contributed by atoms with van der Waals surface area (Å²) in [7, 11) is 0. The Morgan fingerprint density at radius 3 is 2.60 bits per heavy atom. The Morgan fingerprint density at radius 1 is 1.36 bits per heavy atom. The van der Waals surface area contributed by atoms with Crippen molar-refractivity contribution in [3.63, 3.8) is 0 Å². The van der Waals surface area contributed by atoms with E-state index in [-0.39, 0.29) is 18.2 Å². The SMILES string of the molecule is C#CCOCC(O)CN1CCN(c2ncc(C(F)(F)F)cc2Cl)CC1. The average molecular weight is 378 g/mol. The number of alkyl halides is 3. The molecule has 1 aromatic rings. The molecule has 5 nitrogen and oxygen atoms in total. The predicted molar refractivity (Wildman–Crippen MR) is 88.6 cm³/mol. The van der Waals surface area contributed by atoms with Crippen molar-refractivity contribution in [1.29, 1.82) is 0 Å². The zero-order chi connectivity index (χ0) is 18.4. The quantitative estimate of drug-likeness (QED) is 0.606. The summed E-state index contributed by atoms with van der Waals surface area (Å²) in [4.78, 5) is 7.75. The second kappa shape index (κ2) is 8.72. The fraction of sp³-hybridized carbons (Fsp3) is 0.562. The number of halogens is 4. The van der Waals surface area contributed by atoms with Gasteiger partial charge in [0, 0.05) is 38.9 Å². The number of β-amino-alcohol motifs (C(OH)–C–C–N with tert-alkyl or cyclic N) is 1. The Labute approximate surface area is 149 Å². The standard InChI is InChI=1S/C16H19ClF3N3O2/c1-2-7-25-11-13(24)10-22-3-5-23(6-4-22)15-14(17)8-12(9-21-15)16(18,19)20/h1,8-9,13,24H,3-7,10-11H2. The van der Waals surface area contributed by atoms with Crippen molar-refractivity contribution >= 4 is 17.4 Å². The number of aliphatic hydroxyl groups is 1. The Hall–Kier alpha value is -1.53. The number of nitrogens with zero attached hydrogens (tertiary/aromatic N) is 3. The van der Waals surface area contributed by atoms with Crippen LogP contribution >= 0.6 is 11.6 Å². The average Bonchev–Trinajstić information content (AvgIpc) is 2.55. The maximum atomic E-state index is 12.7. The smallest absolute Gasteiger partial charge is 0.389 e. The van der Waals surface area contributed by atoms with E-state index in [1.54, 1.807) is 0 Å². The van der Waals surface area contributed by atoms with E-state index in [2.05, 4.69) is 10.9 Å². The van der Waals surface area contributed by atoms with Gasteiger partial charge in [-0.1, -0.05) is 17.5 Å². The number of ether oxygens (including phenoxy) is 1. The third-order valence-electron chi connectivity index (χ3n) is 3.79. The fourth-order valence-electron chi connectivity index (χ4n) is 2.57. The van der Waals surface area contributed by atoms with Gasteiger partial charge in [-0.25, -0.2) is 4.98 Å². The highest BCUT2D eigenvalue weighted by atomic mass is 35.5. The van der Waals surface area contributed by atoms with Crippen LogP contribution in [0.3, 0.4) is 0 Å². The molecule has 0 bridgehead atoms. The molecule has 1 aliphatic heterocycles. The summed E-state index contributed by atoms with van der Waals surface area (Å²) in [5, 5.41) is 9.85. The molecule has 2 heterocycles. The van der Waals surface area contributed by atoms with Crippen molar-refractivity contribution < 1.29 is 23.0 Å². The molecule has 0 aliphatic carbocycles. The highest BCUT2D eigenvalue weighted by molar-refractivity contribution is 6.33. The zero-order valence-corrected chi connectivity index (χ0v) is 14.2. The molecule has 2 rings (SSSR count). The Bertz CT molecular complexity index is 614. The normalized spacial score (nSPS) is 17.4. The summed E-state index contributed by atoms with van der Waals surface area (Å²) < 4.78 is 43.1. The van der Waals surface area contributed by atoms with E-state index in [9.17, 15) is 18.3 Å². The van der Waals surface area contributed by atoms with Gasteiger partial charge in [-0.05, 0) is 6.07 Å². The van der Waals surface area contributed by atoms with E-state index < -0.39 is 17.8 Å². The molecular formula is C16H19ClF3N3O2. The van der Waals surface area contributed by atoms with Crippen molar-refractivity contribution in [2.45, 2.75) is 12.3 Å². The maximum Gasteiger partial charge on any atom is 0.417 e. The molecule has 138 valence electrons. The first-order valence-electron chi connectivity index (χ1n) is 7.70. The van der Waals surface area contributed by atoms with Crippen LogP contribution in [0.5, 0.6) is 0 Å². The lowest BCUT2D eigenvalue weighted by molar-refractivity contribution is -0.137. The molecule has 1 atom stereocenters. The molecule has 0 aromatic carbocycles. The van der Waals surface area contributed by atoms with Crippen LogP contribution < -0.4 is 4.90 Å². The van der Waals surface area contributed by atoms with Crippen LogP contribution in [-0.4, -0.2) is 67.0 Å². The van der Waals surface area contributed by atoms with Crippen LogP contribution in [0.15, 0.2) is 12.3 Å². The Kier molecular flexibility index (Phi) is 6.90. The first-order valence-corrected chi connectivity index (χ1v) is 8.08. The van der Waals surface area contributed by atoms with Gasteiger partial charge in [0.1, 0.15) is 12.4 Å². The van der Waals surface area contributed by atoms with E-state index in [1.807, 2.05) is 9.80 Å². The minimum atomic E-state index is -4.47. The van der Waals surface area contributed by atoms with Crippen molar-refractivity contribution in [2.24, 2.45) is 0 Å². The highest BCUT2D eigenvalue weighted by Crippen LogP contribution is 2.33. The van der Waals surface area contributed by atoms with Crippen LogP contribution in [0.25, 0.3) is 0 Å². The van der Waals surface area contributed by atoms with E-state index in [1.165, 1.54) is 0 Å². The van der Waals surface area contributed by atoms with Crippen LogP contribution in [-0.2, 0) is 10.9 Å². The van der Waals surface area contributed by atoms with Gasteiger partial charge < -0.3 is 14.7 Å². The summed E-state index contributed by atoms with van der Waals surface area (Å²) in [6.45, 7) is 3.12. The van der Waals surface area contributed by atoms with Gasteiger partial charge in [-0.2, -0.15) is 13.2 Å². The number of terminal acetylenes is 1. The minimum Gasteiger partial charge on any atom is -0.389 e. The molecule has 0 spiro atoms. The topological polar surface area (TPSA) is 48.8 Å². The number of hydrogen-bond acceptors (Lipinski definition) is 5. The molecule has 1 fully saturated rings. The number of hydrogen-bond donors (Lipinski definition) is 1. The molecular weight excluding hydrogens is 359 g/mol. The lowest BCUT2D eigenvalue weighted by atomic mass is 10.2. The maximum absolute atomic E-state index is 12.7. The minimum absolute atomic E-state index is 0.0222. The number of rotatable bonds is 6. The lowest BCUT2D eigenvalue weighted by Crippen LogP contribution is -2.49. The van der Waals surface area contributed by atoms with E-state index >= 15 is 0 Å². The molecule has 9 heteroatoms. The highest BCUT2D eigenvalue weighted by Gasteiger charge is 2.32. The predicted octanol–water partition coefficient (Wildman–Crippen LogP) is 1.89. The molecule has 0 saturated carbocycles. The van der Waals surface area contributed by atoms with Crippen molar-refractivity contribution in [1.82, 2.24) is 9.88 Å². The van der Waals surface area contributed by atoms with Crippen LogP contribution in [0.2, 0.25) is 5.02 Å². The number of aromatic nitrogens is 1. The van der Waals surface area contributed by atoms with E-state index in [4.69, 9.17) is 22.8 Å². The van der Waals surface area contributed by atoms with E-state index in [0.717, 1.165) is 12.3 Å². The summed E-state index contributed by atoms with van der Waals surface area (Å²) in [5.74, 6) is 2.67. The number of aliphatic hydroxyl groups excluding tert-OH is 1. The van der Waals surface area contributed by atoms with Gasteiger partial charge >= 0.3 is 6.18 Å². The van der Waals surface area contributed by atoms with Gasteiger partial charge in [0.15, 0.2) is 0 Å². The molecule has 25 heavy (non-hydrogen) atoms. The molecule has 0 amide bonds. The van der Waals surface area contributed by atoms with Gasteiger partial charge in [0.2, 0.25) is 0 Å². The monoisotopic (exact) mass is 377 g/mol. The van der Waals surface area contributed by atoms with Crippen molar-refractivity contribution in [3.05, 3.63) is 22.8 Å². The van der Waals surface area contributed by atoms with Crippen molar-refractivity contribution in [2.75, 3.05) is 50.8 Å². The second-order valence-electron chi connectivity index (χ2n) is 5.69. The number of anilines is 1. The number of pyridine rings is 1. The molecule has 1 N–H and O–H groups in total. The lowest BCUT2D eigenvalue weighted by Gasteiger charge is -2.36. The molecule has 1 saturated heterocycles. The van der Waals surface area contributed by atoms with E-state index in [0.29, 0.717) is 38.5 Å². The Morgan fingerprint density at radius 2 is 2.04 bits per heavy atom. The largest absolute Gasteiger partial charge is 0.417 e. The third-order valence-corrected chi connectivity index (χ3v) is 4.06. The van der Waals surface area contributed by atoms with Crippen LogP contribution in [0, 0.1) is 12.3 Å². The zero-order valence-electron chi connectivity index (χ0n) is 13.5. The summed E-state index contributed by atoms with van der Waals surface area (Å²) in [6, 6.07) is 0.892. The first kappa shape index (κ1) is 19.8. The van der Waals surface area contributed by atoms with Gasteiger partial charge in [-0.15, -0.1) is 6.42 Å². The molecule has 1 aromatic heterocycles. The molecule has 1 aliphatic rings.